The summed E-state index contributed by atoms with van der Waals surface area (Å²) in [6.07, 6.45) is 1.79. The summed E-state index contributed by atoms with van der Waals surface area (Å²) in [5.41, 5.74) is 4.18. The lowest BCUT2D eigenvalue weighted by Crippen LogP contribution is -2.02. The normalized spacial score (nSPS) is 10.9. The second-order valence-corrected chi connectivity index (χ2v) is 5.19. The Labute approximate surface area is 112 Å². The number of nitrogens with one attached hydrogen (secondary N) is 1. The molecule has 4 heteroatoms. The largest absolute Gasteiger partial charge is 0.342 e. The number of rotatable bonds is 2. The molecule has 18 heavy (non-hydrogen) atoms. The zero-order chi connectivity index (χ0) is 13.3. The third-order valence-electron chi connectivity index (χ3n) is 2.89. The van der Waals surface area contributed by atoms with Gasteiger partial charge < -0.3 is 4.98 Å². The molecule has 0 bridgehead atoms. The minimum Gasteiger partial charge on any atom is -0.342 e. The van der Waals surface area contributed by atoms with E-state index in [1.807, 2.05) is 26.0 Å². The third-order valence-corrected chi connectivity index (χ3v) is 3.20. The molecule has 0 aromatic carbocycles. The molecule has 0 radical (unpaired) electrons. The van der Waals surface area contributed by atoms with Gasteiger partial charge >= 0.3 is 0 Å². The van der Waals surface area contributed by atoms with Crippen molar-refractivity contribution < 1.29 is 0 Å². The molecule has 0 aliphatic carbocycles. The maximum Gasteiger partial charge on any atom is 0.157 e. The molecule has 94 valence electrons. The third kappa shape index (κ3) is 2.48. The van der Waals surface area contributed by atoms with Gasteiger partial charge in [-0.1, -0.05) is 26.1 Å². The quantitative estimate of drug-likeness (QED) is 0.830. The van der Waals surface area contributed by atoms with E-state index in [9.17, 15) is 0 Å². The highest BCUT2D eigenvalue weighted by Gasteiger charge is 2.10. The van der Waals surface area contributed by atoms with Crippen LogP contribution in [0.25, 0.3) is 11.5 Å². The van der Waals surface area contributed by atoms with E-state index in [1.165, 1.54) is 0 Å². The van der Waals surface area contributed by atoms with Gasteiger partial charge in [0, 0.05) is 17.5 Å². The van der Waals surface area contributed by atoms with Crippen molar-refractivity contribution in [2.24, 2.45) is 0 Å². The lowest BCUT2D eigenvalue weighted by Gasteiger charge is -2.11. The Morgan fingerprint density at radius 3 is 2.56 bits per heavy atom. The number of aromatic amines is 1. The number of aryl methyl sites for hydroxylation is 2. The molecule has 3 nitrogen and oxygen atoms in total. The van der Waals surface area contributed by atoms with Gasteiger partial charge in [0.05, 0.1) is 0 Å². The molecule has 0 spiro atoms. The van der Waals surface area contributed by atoms with Gasteiger partial charge in [-0.05, 0) is 37.5 Å². The predicted octanol–water partition coefficient (Wildman–Crippen LogP) is 3.94. The molecule has 1 N–H and O–H groups in total. The van der Waals surface area contributed by atoms with E-state index in [0.29, 0.717) is 10.6 Å². The van der Waals surface area contributed by atoms with Gasteiger partial charge in [0.1, 0.15) is 10.3 Å². The first-order valence-corrected chi connectivity index (χ1v) is 6.43. The van der Waals surface area contributed by atoms with E-state index in [2.05, 4.69) is 28.8 Å². The molecule has 0 amide bonds. The number of H-pyrrole nitrogens is 1. The van der Waals surface area contributed by atoms with E-state index in [1.54, 1.807) is 6.20 Å². The second-order valence-electron chi connectivity index (χ2n) is 4.80. The number of pyridine rings is 1. The molecule has 2 aromatic heterocycles. The highest BCUT2D eigenvalue weighted by molar-refractivity contribution is 7.71. The fourth-order valence-corrected chi connectivity index (χ4v) is 2.54. The SMILES string of the molecule is Cc1ccnc(-c2nc(=S)c(C(C)C)c(C)[nH]2)c1. The Kier molecular flexibility index (Phi) is 3.57. The zero-order valence-corrected chi connectivity index (χ0v) is 11.9. The van der Waals surface area contributed by atoms with Crippen molar-refractivity contribution in [2.45, 2.75) is 33.6 Å². The molecule has 0 saturated carbocycles. The lowest BCUT2D eigenvalue weighted by molar-refractivity contribution is 0.824. The van der Waals surface area contributed by atoms with Crippen LogP contribution in [-0.2, 0) is 0 Å². The summed E-state index contributed by atoms with van der Waals surface area (Å²) in [7, 11) is 0. The van der Waals surface area contributed by atoms with Crippen LogP contribution >= 0.6 is 12.2 Å². The van der Waals surface area contributed by atoms with Crippen LogP contribution in [0.1, 0.15) is 36.6 Å². The van der Waals surface area contributed by atoms with Crippen LogP contribution in [0.4, 0.5) is 0 Å². The molecule has 0 aliphatic heterocycles. The molecule has 2 aromatic rings. The summed E-state index contributed by atoms with van der Waals surface area (Å²) in [6, 6.07) is 3.97. The number of nitrogens with zero attached hydrogens (tertiary/aromatic N) is 2. The van der Waals surface area contributed by atoms with E-state index in [0.717, 1.165) is 28.3 Å². The zero-order valence-electron chi connectivity index (χ0n) is 11.1. The fourth-order valence-electron chi connectivity index (χ4n) is 2.06. The summed E-state index contributed by atoms with van der Waals surface area (Å²) in [5, 5.41) is 0. The molecule has 0 fully saturated rings. The lowest BCUT2D eigenvalue weighted by atomic mass is 10.0. The van der Waals surface area contributed by atoms with Crippen molar-refractivity contribution in [2.75, 3.05) is 0 Å². The van der Waals surface area contributed by atoms with Crippen molar-refractivity contribution in [3.8, 4) is 11.5 Å². The number of hydrogen-bond acceptors (Lipinski definition) is 3. The Balaban J connectivity index is 2.59. The maximum absolute atomic E-state index is 5.38. The molecule has 2 rings (SSSR count). The number of hydrogen-bond donors (Lipinski definition) is 1. The summed E-state index contributed by atoms with van der Waals surface area (Å²) < 4.78 is 0.666. The Morgan fingerprint density at radius 1 is 1.28 bits per heavy atom. The molecular formula is C14H17N3S. The van der Waals surface area contributed by atoms with E-state index in [4.69, 9.17) is 12.2 Å². The van der Waals surface area contributed by atoms with Crippen LogP contribution in [0.2, 0.25) is 0 Å². The van der Waals surface area contributed by atoms with Gasteiger partial charge in [0.15, 0.2) is 5.82 Å². The average molecular weight is 259 g/mol. The Morgan fingerprint density at radius 2 is 2.00 bits per heavy atom. The molecule has 0 atom stereocenters. The fraction of sp³-hybridized carbons (Fsp3) is 0.357. The van der Waals surface area contributed by atoms with Crippen molar-refractivity contribution in [3.63, 3.8) is 0 Å². The van der Waals surface area contributed by atoms with Crippen molar-refractivity contribution in [3.05, 3.63) is 39.8 Å². The maximum atomic E-state index is 5.38. The van der Waals surface area contributed by atoms with Gasteiger partial charge in [-0.25, -0.2) is 4.98 Å². The summed E-state index contributed by atoms with van der Waals surface area (Å²) in [5.74, 6) is 1.12. The standard InChI is InChI=1S/C14H17N3S/c1-8(2)12-10(4)16-13(17-14(12)18)11-7-9(3)5-6-15-11/h5-8H,1-4H3,(H,16,17,18). The van der Waals surface area contributed by atoms with Crippen molar-refractivity contribution in [1.29, 1.82) is 0 Å². The van der Waals surface area contributed by atoms with Crippen LogP contribution < -0.4 is 0 Å². The minimum atomic E-state index is 0.376. The molecule has 2 heterocycles. The van der Waals surface area contributed by atoms with E-state index in [-0.39, 0.29) is 0 Å². The molecule has 0 aliphatic rings. The van der Waals surface area contributed by atoms with Gasteiger partial charge in [0.25, 0.3) is 0 Å². The molecule has 0 unspecified atom stereocenters. The summed E-state index contributed by atoms with van der Waals surface area (Å²) >= 11 is 5.38. The first-order chi connectivity index (χ1) is 8.49. The highest BCUT2D eigenvalue weighted by atomic mass is 32.1. The topological polar surface area (TPSA) is 41.6 Å². The van der Waals surface area contributed by atoms with Gasteiger partial charge in [0.2, 0.25) is 0 Å². The van der Waals surface area contributed by atoms with Crippen LogP contribution in [0.3, 0.4) is 0 Å². The molecular weight excluding hydrogens is 242 g/mol. The predicted molar refractivity (Wildman–Crippen MR) is 76.2 cm³/mol. The van der Waals surface area contributed by atoms with Crippen LogP contribution in [-0.4, -0.2) is 15.0 Å². The second kappa shape index (κ2) is 4.98. The van der Waals surface area contributed by atoms with Crippen LogP contribution in [0.5, 0.6) is 0 Å². The summed E-state index contributed by atoms with van der Waals surface area (Å²) in [4.78, 5) is 12.1. The Bertz CT molecular complexity index is 629. The van der Waals surface area contributed by atoms with Crippen molar-refractivity contribution >= 4 is 12.2 Å². The van der Waals surface area contributed by atoms with Gasteiger partial charge in [-0.2, -0.15) is 0 Å². The number of aromatic nitrogens is 3. The first-order valence-electron chi connectivity index (χ1n) is 6.03. The van der Waals surface area contributed by atoms with E-state index >= 15 is 0 Å². The Hall–Kier alpha value is -1.55. The summed E-state index contributed by atoms with van der Waals surface area (Å²) in [6.45, 7) is 8.32. The minimum absolute atomic E-state index is 0.376. The van der Waals surface area contributed by atoms with Crippen molar-refractivity contribution in [1.82, 2.24) is 15.0 Å². The molecule has 0 saturated heterocycles. The first kappa shape index (κ1) is 12.9. The monoisotopic (exact) mass is 259 g/mol. The van der Waals surface area contributed by atoms with E-state index < -0.39 is 0 Å². The van der Waals surface area contributed by atoms with Gasteiger partial charge in [-0.3, -0.25) is 4.98 Å². The van der Waals surface area contributed by atoms with Crippen LogP contribution in [0, 0.1) is 18.5 Å². The highest BCUT2D eigenvalue weighted by Crippen LogP contribution is 2.21. The smallest absolute Gasteiger partial charge is 0.157 e. The van der Waals surface area contributed by atoms with Crippen LogP contribution in [0.15, 0.2) is 18.3 Å². The average Bonchev–Trinajstić information content (AvgIpc) is 2.27. The van der Waals surface area contributed by atoms with Gasteiger partial charge in [-0.15, -0.1) is 0 Å².